The minimum atomic E-state index is -0.974. The number of rotatable bonds is 14. The Hall–Kier alpha value is -6.13. The number of likely N-dealkylation sites (tertiary alicyclic amines) is 1. The molecule has 9 unspecified atom stereocenters. The molecule has 7 amide bonds. The van der Waals surface area contributed by atoms with E-state index < -0.39 is 64.9 Å². The van der Waals surface area contributed by atoms with E-state index in [-0.39, 0.29) is 67.6 Å². The van der Waals surface area contributed by atoms with Crippen LogP contribution in [0.5, 0.6) is 0 Å². The molecular weight excluding hydrogens is 911 g/mol. The molecule has 0 saturated carbocycles. The Morgan fingerprint density at radius 1 is 0.583 bits per heavy atom. The minimum Gasteiger partial charge on any atom is -0.347 e. The predicted octanol–water partition coefficient (Wildman–Crippen LogP) is 4.30. The summed E-state index contributed by atoms with van der Waals surface area (Å²) in [6.45, 7) is 14.8. The zero-order valence-corrected chi connectivity index (χ0v) is 43.9. The molecule has 3 aromatic rings. The first-order valence-corrected chi connectivity index (χ1v) is 25.8. The Morgan fingerprint density at radius 2 is 1.07 bits per heavy atom. The van der Waals surface area contributed by atoms with E-state index in [1.807, 2.05) is 77.9 Å². The van der Waals surface area contributed by atoms with Gasteiger partial charge in [0.15, 0.2) is 0 Å². The van der Waals surface area contributed by atoms with Gasteiger partial charge in [-0.1, -0.05) is 96.1 Å². The van der Waals surface area contributed by atoms with Crippen LogP contribution in [0.4, 0.5) is 0 Å². The molecule has 9 atom stereocenters. The van der Waals surface area contributed by atoms with Crippen LogP contribution in [0.2, 0.25) is 0 Å². The van der Waals surface area contributed by atoms with E-state index in [0.717, 1.165) is 60.8 Å². The summed E-state index contributed by atoms with van der Waals surface area (Å²) >= 11 is 0. The lowest BCUT2D eigenvalue weighted by Crippen LogP contribution is -2.62. The van der Waals surface area contributed by atoms with Gasteiger partial charge in [0, 0.05) is 31.1 Å². The molecule has 2 heterocycles. The van der Waals surface area contributed by atoms with Gasteiger partial charge in [0.25, 0.3) is 5.91 Å². The third-order valence-corrected chi connectivity index (χ3v) is 15.2. The Balaban J connectivity index is 1.16. The number of carbonyl (C=O) groups is 7. The van der Waals surface area contributed by atoms with E-state index in [1.54, 1.807) is 51.0 Å². The molecule has 388 valence electrons. The summed E-state index contributed by atoms with van der Waals surface area (Å²) in [5.41, 5.74) is 4.84. The van der Waals surface area contributed by atoms with Crippen molar-refractivity contribution in [3.8, 4) is 0 Å². The zero-order chi connectivity index (χ0) is 52.2. The Labute approximate surface area is 425 Å². The first-order valence-electron chi connectivity index (χ1n) is 25.8. The zero-order valence-electron chi connectivity index (χ0n) is 43.9. The summed E-state index contributed by atoms with van der Waals surface area (Å²) in [6, 6.07) is 15.3. The van der Waals surface area contributed by atoms with E-state index >= 15 is 0 Å². The maximum absolute atomic E-state index is 14.9. The predicted molar refractivity (Wildman–Crippen MR) is 276 cm³/mol. The number of nitrogens with zero attached hydrogens (tertiary/aromatic N) is 2. The van der Waals surface area contributed by atoms with Crippen molar-refractivity contribution in [2.24, 2.45) is 10.8 Å². The Kier molecular flexibility index (Phi) is 16.6. The van der Waals surface area contributed by atoms with Gasteiger partial charge in [0.1, 0.15) is 24.2 Å². The highest BCUT2D eigenvalue weighted by atomic mass is 16.2. The highest BCUT2D eigenvalue weighted by Crippen LogP contribution is 2.34. The van der Waals surface area contributed by atoms with Crippen molar-refractivity contribution in [2.75, 3.05) is 20.6 Å². The number of benzene rings is 3. The standard InChI is InChI=1S/C56H77N9O7/c1-32(57-9)48(66)62-46(55(3,4)5)53(71)64-30-37-26-25-36(27-38(37)28-44(64)51(69)60-42-23-15-19-34-17-11-13-21-40(34)42)50(68)59-39-29-45(52(70)61-43-24-16-20-35-18-12-14-22-41(35)43)65(31-39)54(72)47(56(6,7)8)63-49(67)33(2)58-10/h11-14,17-18,21-22,25-27,32-33,39,42-47,57-58H,15-16,19-20,23-24,28-31H2,1-10H3,(H,59,68)(H,60,69)(H,61,70)(H,62,66)(H,63,67). The lowest BCUT2D eigenvalue weighted by atomic mass is 9.83. The molecule has 16 nitrogen and oxygen atoms in total. The van der Waals surface area contributed by atoms with Crippen LogP contribution in [0, 0.1) is 10.8 Å². The molecule has 16 heteroatoms. The maximum Gasteiger partial charge on any atom is 0.251 e. The summed E-state index contributed by atoms with van der Waals surface area (Å²) in [4.78, 5) is 103. The number of likely N-dealkylation sites (N-methyl/N-ethyl adjacent to an activating group) is 2. The maximum atomic E-state index is 14.9. The second kappa shape index (κ2) is 22.3. The topological polar surface area (TPSA) is 210 Å². The van der Waals surface area contributed by atoms with Gasteiger partial charge in [-0.15, -0.1) is 0 Å². The van der Waals surface area contributed by atoms with Gasteiger partial charge in [-0.3, -0.25) is 33.6 Å². The average Bonchev–Trinajstić information content (AvgIpc) is 3.78. The van der Waals surface area contributed by atoms with Crippen LogP contribution in [0.3, 0.4) is 0 Å². The van der Waals surface area contributed by atoms with Gasteiger partial charge in [-0.2, -0.15) is 0 Å². The summed E-state index contributed by atoms with van der Waals surface area (Å²) in [6.07, 6.45) is 5.38. The van der Waals surface area contributed by atoms with Crippen LogP contribution in [-0.2, 0) is 54.6 Å². The third-order valence-electron chi connectivity index (χ3n) is 15.2. The number of hydrogen-bond acceptors (Lipinski definition) is 9. The van der Waals surface area contributed by atoms with Crippen LogP contribution >= 0.6 is 0 Å². The SMILES string of the molecule is CNC(C)C(=O)NC(C(=O)N1Cc2ccc(C(=O)NC3CC(C(=O)NC4CCCc5ccccc54)N(C(=O)C(NC(=O)C(C)NC)C(C)(C)C)C3)cc2CC1C(=O)NC1CCCc2ccccc21)C(C)(C)C. The highest BCUT2D eigenvalue weighted by Gasteiger charge is 2.47. The van der Waals surface area contributed by atoms with Crippen molar-refractivity contribution in [1.82, 2.24) is 47.0 Å². The first-order chi connectivity index (χ1) is 34.1. The number of amides is 7. The smallest absolute Gasteiger partial charge is 0.251 e. The van der Waals surface area contributed by atoms with Gasteiger partial charge >= 0.3 is 0 Å². The van der Waals surface area contributed by atoms with Gasteiger partial charge in [-0.05, 0) is 129 Å². The van der Waals surface area contributed by atoms with Crippen molar-refractivity contribution in [2.45, 2.75) is 168 Å². The number of nitrogens with one attached hydrogen (secondary N) is 7. The molecule has 7 N–H and O–H groups in total. The molecule has 0 bridgehead atoms. The van der Waals surface area contributed by atoms with E-state index in [4.69, 9.17) is 0 Å². The Bertz CT molecular complexity index is 2530. The molecule has 4 aliphatic rings. The molecule has 0 aromatic heterocycles. The number of carbonyl (C=O) groups excluding carboxylic acids is 7. The van der Waals surface area contributed by atoms with Crippen molar-refractivity contribution < 1.29 is 33.6 Å². The molecule has 2 aliphatic heterocycles. The average molecular weight is 988 g/mol. The number of hydrogen-bond donors (Lipinski definition) is 7. The van der Waals surface area contributed by atoms with Crippen LogP contribution in [0.25, 0.3) is 0 Å². The summed E-state index contributed by atoms with van der Waals surface area (Å²) in [5.74, 6) is -2.57. The van der Waals surface area contributed by atoms with Crippen molar-refractivity contribution in [3.05, 3.63) is 106 Å². The third kappa shape index (κ3) is 12.0. The van der Waals surface area contributed by atoms with E-state index in [9.17, 15) is 33.6 Å². The van der Waals surface area contributed by atoms with E-state index in [0.29, 0.717) is 5.56 Å². The van der Waals surface area contributed by atoms with Gasteiger partial charge in [-0.25, -0.2) is 0 Å². The molecule has 1 saturated heterocycles. The molecule has 0 spiro atoms. The second-order valence-electron chi connectivity index (χ2n) is 22.5. The lowest BCUT2D eigenvalue weighted by molar-refractivity contribution is -0.147. The fourth-order valence-electron chi connectivity index (χ4n) is 10.7. The number of aryl methyl sites for hydroxylation is 2. The fraction of sp³-hybridized carbons (Fsp3) is 0.554. The largest absolute Gasteiger partial charge is 0.347 e. The highest BCUT2D eigenvalue weighted by molar-refractivity contribution is 5.97. The van der Waals surface area contributed by atoms with Crippen molar-refractivity contribution >= 4 is 41.4 Å². The minimum absolute atomic E-state index is 0.0288. The van der Waals surface area contributed by atoms with Gasteiger partial charge in [0.2, 0.25) is 35.4 Å². The molecule has 7 rings (SSSR count). The van der Waals surface area contributed by atoms with Crippen LogP contribution < -0.4 is 37.2 Å². The van der Waals surface area contributed by atoms with Crippen molar-refractivity contribution in [1.29, 1.82) is 0 Å². The number of fused-ring (bicyclic) bond motifs is 3. The first kappa shape index (κ1) is 53.7. The lowest BCUT2D eigenvalue weighted by Gasteiger charge is -2.42. The summed E-state index contributed by atoms with van der Waals surface area (Å²) in [5, 5.41) is 21.4. The van der Waals surface area contributed by atoms with Gasteiger partial charge < -0.3 is 47.0 Å². The van der Waals surface area contributed by atoms with Crippen LogP contribution in [0.15, 0.2) is 66.7 Å². The molecular formula is C56H77N9O7. The quantitative estimate of drug-likeness (QED) is 0.123. The summed E-state index contributed by atoms with van der Waals surface area (Å²) in [7, 11) is 3.34. The fourth-order valence-corrected chi connectivity index (χ4v) is 10.7. The van der Waals surface area contributed by atoms with E-state index in [2.05, 4.69) is 49.4 Å². The molecule has 2 aliphatic carbocycles. The van der Waals surface area contributed by atoms with Crippen molar-refractivity contribution in [3.63, 3.8) is 0 Å². The van der Waals surface area contributed by atoms with Gasteiger partial charge in [0.05, 0.1) is 24.2 Å². The molecule has 72 heavy (non-hydrogen) atoms. The molecule has 0 radical (unpaired) electrons. The van der Waals surface area contributed by atoms with Crippen LogP contribution in [0.1, 0.15) is 143 Å². The molecule has 1 fully saturated rings. The summed E-state index contributed by atoms with van der Waals surface area (Å²) < 4.78 is 0. The Morgan fingerprint density at radius 3 is 1.57 bits per heavy atom. The normalized spacial score (nSPS) is 22.4. The van der Waals surface area contributed by atoms with Crippen LogP contribution in [-0.4, -0.2) is 114 Å². The molecule has 3 aromatic carbocycles. The monoisotopic (exact) mass is 988 g/mol. The van der Waals surface area contributed by atoms with E-state index in [1.165, 1.54) is 16.0 Å². The second-order valence-corrected chi connectivity index (χ2v) is 22.5.